The Labute approximate surface area is 155 Å². The molecule has 2 aromatic rings. The summed E-state index contributed by atoms with van der Waals surface area (Å²) in [5.41, 5.74) is 9.13. The van der Waals surface area contributed by atoms with Gasteiger partial charge in [0.2, 0.25) is 0 Å². The molecule has 0 saturated carbocycles. The molecule has 24 heavy (non-hydrogen) atoms. The average molecular weight is 385 g/mol. The number of rotatable bonds is 2. The zero-order valence-electron chi connectivity index (χ0n) is 15.8. The molecule has 0 heterocycles. The predicted octanol–water partition coefficient (Wildman–Crippen LogP) is 7.18. The van der Waals surface area contributed by atoms with E-state index in [-0.39, 0.29) is 10.8 Å². The lowest BCUT2D eigenvalue weighted by Crippen LogP contribution is -2.11. The number of hydrogen-bond donors (Lipinski definition) is 0. The molecule has 0 aliphatic heterocycles. The lowest BCUT2D eigenvalue weighted by Gasteiger charge is -2.21. The Morgan fingerprint density at radius 3 is 1.50 bits per heavy atom. The molecular weight excluding hydrogens is 356 g/mol. The number of alkyl halides is 1. The summed E-state index contributed by atoms with van der Waals surface area (Å²) in [5.74, 6) is 0.525. The van der Waals surface area contributed by atoms with Gasteiger partial charge in [-0.15, -0.1) is 0 Å². The highest BCUT2D eigenvalue weighted by Crippen LogP contribution is 2.48. The molecule has 0 saturated heterocycles. The average Bonchev–Trinajstić information content (AvgIpc) is 2.79. The van der Waals surface area contributed by atoms with E-state index in [0.717, 1.165) is 11.8 Å². The van der Waals surface area contributed by atoms with Crippen molar-refractivity contribution in [3.8, 4) is 11.1 Å². The SMILES string of the molecule is CC(C)(C)c1ccc2c(c1)-c1cc(C(C)(C)C)ccc1C2CCBr. The normalized spacial score (nSPS) is 14.6. The van der Waals surface area contributed by atoms with Gasteiger partial charge in [0.05, 0.1) is 0 Å². The number of benzene rings is 2. The lowest BCUT2D eigenvalue weighted by molar-refractivity contribution is 0.589. The van der Waals surface area contributed by atoms with Crippen molar-refractivity contribution < 1.29 is 0 Å². The zero-order valence-corrected chi connectivity index (χ0v) is 17.4. The molecular formula is C23H29Br. The fourth-order valence-corrected chi connectivity index (χ4v) is 4.17. The van der Waals surface area contributed by atoms with Crippen molar-refractivity contribution in [2.75, 3.05) is 5.33 Å². The van der Waals surface area contributed by atoms with Crippen molar-refractivity contribution in [3.05, 3.63) is 58.7 Å². The third-order valence-corrected chi connectivity index (χ3v) is 5.74. The number of hydrogen-bond acceptors (Lipinski definition) is 0. The Kier molecular flexibility index (Phi) is 4.45. The minimum atomic E-state index is 0.185. The minimum Gasteiger partial charge on any atom is -0.0928 e. The summed E-state index contributed by atoms with van der Waals surface area (Å²) in [6, 6.07) is 14.3. The van der Waals surface area contributed by atoms with E-state index in [1.807, 2.05) is 0 Å². The van der Waals surface area contributed by atoms with E-state index in [1.165, 1.54) is 33.4 Å². The van der Waals surface area contributed by atoms with Crippen LogP contribution in [0.25, 0.3) is 11.1 Å². The van der Waals surface area contributed by atoms with Crippen molar-refractivity contribution in [3.63, 3.8) is 0 Å². The van der Waals surface area contributed by atoms with E-state index in [9.17, 15) is 0 Å². The fourth-order valence-electron chi connectivity index (χ4n) is 3.71. The first-order chi connectivity index (χ1) is 11.1. The monoisotopic (exact) mass is 384 g/mol. The molecule has 1 aliphatic carbocycles. The third-order valence-electron chi connectivity index (χ3n) is 5.28. The first kappa shape index (κ1) is 17.7. The smallest absolute Gasteiger partial charge is 0.0110 e. The maximum Gasteiger partial charge on any atom is 0.0110 e. The summed E-state index contributed by atoms with van der Waals surface area (Å²) in [6.45, 7) is 13.8. The largest absolute Gasteiger partial charge is 0.0928 e. The van der Waals surface area contributed by atoms with Crippen molar-refractivity contribution in [2.24, 2.45) is 0 Å². The first-order valence-corrected chi connectivity index (χ1v) is 10.1. The second-order valence-corrected chi connectivity index (χ2v) is 9.93. The summed E-state index contributed by atoms with van der Waals surface area (Å²) in [4.78, 5) is 0. The molecule has 0 fully saturated rings. The van der Waals surface area contributed by atoms with Crippen molar-refractivity contribution >= 4 is 15.9 Å². The van der Waals surface area contributed by atoms with Crippen LogP contribution in [0.3, 0.4) is 0 Å². The Hall–Kier alpha value is -1.08. The Balaban J connectivity index is 2.21. The van der Waals surface area contributed by atoms with Gasteiger partial charge in [0, 0.05) is 11.2 Å². The van der Waals surface area contributed by atoms with Crippen LogP contribution >= 0.6 is 15.9 Å². The molecule has 0 N–H and O–H groups in total. The van der Waals surface area contributed by atoms with Crippen LogP contribution in [0.5, 0.6) is 0 Å². The van der Waals surface area contributed by atoms with Gasteiger partial charge in [-0.05, 0) is 50.6 Å². The summed E-state index contributed by atoms with van der Waals surface area (Å²) in [7, 11) is 0. The van der Waals surface area contributed by atoms with Crippen molar-refractivity contribution in [1.82, 2.24) is 0 Å². The van der Waals surface area contributed by atoms with Gasteiger partial charge in [0.25, 0.3) is 0 Å². The van der Waals surface area contributed by atoms with Gasteiger partial charge in [0.1, 0.15) is 0 Å². The Morgan fingerprint density at radius 1 is 0.750 bits per heavy atom. The lowest BCUT2D eigenvalue weighted by atomic mass is 9.83. The standard InChI is InChI=1S/C23H29Br/c1-22(2,3)15-7-9-17-19(11-12-24)18-10-8-16(23(4,5)6)14-21(18)20(17)13-15/h7-10,13-14,19H,11-12H2,1-6H3. The quantitative estimate of drug-likeness (QED) is 0.480. The molecule has 0 spiro atoms. The Bertz CT molecular complexity index is 693. The van der Waals surface area contributed by atoms with Gasteiger partial charge >= 0.3 is 0 Å². The van der Waals surface area contributed by atoms with Gasteiger partial charge in [-0.2, -0.15) is 0 Å². The number of fused-ring (bicyclic) bond motifs is 3. The van der Waals surface area contributed by atoms with E-state index >= 15 is 0 Å². The highest BCUT2D eigenvalue weighted by Gasteiger charge is 2.30. The van der Waals surface area contributed by atoms with E-state index in [0.29, 0.717) is 5.92 Å². The second kappa shape index (κ2) is 6.02. The van der Waals surface area contributed by atoms with Crippen molar-refractivity contribution in [1.29, 1.82) is 0 Å². The van der Waals surface area contributed by atoms with E-state index in [1.54, 1.807) is 0 Å². The maximum absolute atomic E-state index is 3.66. The first-order valence-electron chi connectivity index (χ1n) is 8.98. The minimum absolute atomic E-state index is 0.185. The molecule has 0 amide bonds. The molecule has 0 nitrogen and oxygen atoms in total. The molecule has 0 radical (unpaired) electrons. The van der Waals surface area contributed by atoms with Gasteiger partial charge in [-0.3, -0.25) is 0 Å². The zero-order chi connectivity index (χ0) is 17.7. The highest BCUT2D eigenvalue weighted by molar-refractivity contribution is 9.09. The molecule has 0 bridgehead atoms. The van der Waals surface area contributed by atoms with Crippen LogP contribution in [-0.2, 0) is 10.8 Å². The summed E-state index contributed by atoms with van der Waals surface area (Å²) in [5, 5.41) is 1.04. The molecule has 1 aliphatic rings. The van der Waals surface area contributed by atoms with Gasteiger partial charge in [0.15, 0.2) is 0 Å². The number of halogens is 1. The topological polar surface area (TPSA) is 0 Å². The van der Waals surface area contributed by atoms with Crippen LogP contribution in [0.15, 0.2) is 36.4 Å². The van der Waals surface area contributed by atoms with Crippen LogP contribution < -0.4 is 0 Å². The van der Waals surface area contributed by atoms with E-state index in [2.05, 4.69) is 93.9 Å². The molecule has 0 atom stereocenters. The van der Waals surface area contributed by atoms with Crippen molar-refractivity contribution in [2.45, 2.75) is 64.7 Å². The Morgan fingerprint density at radius 2 is 1.17 bits per heavy atom. The van der Waals surface area contributed by atoms with E-state index < -0.39 is 0 Å². The molecule has 2 aromatic carbocycles. The molecule has 3 rings (SSSR count). The summed E-state index contributed by atoms with van der Waals surface area (Å²) >= 11 is 3.66. The van der Waals surface area contributed by atoms with Crippen LogP contribution in [0.4, 0.5) is 0 Å². The van der Waals surface area contributed by atoms with Gasteiger partial charge in [-0.25, -0.2) is 0 Å². The predicted molar refractivity (Wildman–Crippen MR) is 110 cm³/mol. The molecule has 0 unspecified atom stereocenters. The van der Waals surface area contributed by atoms with Crippen LogP contribution in [0.2, 0.25) is 0 Å². The summed E-state index contributed by atoms with van der Waals surface area (Å²) < 4.78 is 0. The third kappa shape index (κ3) is 3.08. The van der Waals surface area contributed by atoms with Gasteiger partial charge < -0.3 is 0 Å². The molecule has 0 aromatic heterocycles. The van der Waals surface area contributed by atoms with E-state index in [4.69, 9.17) is 0 Å². The fraction of sp³-hybridized carbons (Fsp3) is 0.478. The second-order valence-electron chi connectivity index (χ2n) is 9.13. The van der Waals surface area contributed by atoms with Crippen LogP contribution in [0.1, 0.15) is 76.1 Å². The molecule has 1 heteroatoms. The van der Waals surface area contributed by atoms with Crippen LogP contribution in [0, 0.1) is 0 Å². The van der Waals surface area contributed by atoms with Gasteiger partial charge in [-0.1, -0.05) is 93.9 Å². The summed E-state index contributed by atoms with van der Waals surface area (Å²) in [6.07, 6.45) is 1.16. The molecule has 128 valence electrons. The maximum atomic E-state index is 3.66. The van der Waals surface area contributed by atoms with Crippen LogP contribution in [-0.4, -0.2) is 5.33 Å². The highest BCUT2D eigenvalue weighted by atomic mass is 79.9.